The standard InChI is InChI=1S/C16H20N2/c1-3-18(12-14-7-5-4-6-8-14)16-11-13(2)9-10-15(16)17/h4-11H,3,12,17H2,1-2H3. The van der Waals surface area contributed by atoms with Gasteiger partial charge in [-0.25, -0.2) is 0 Å². The van der Waals surface area contributed by atoms with E-state index in [9.17, 15) is 0 Å². The molecule has 0 aromatic heterocycles. The Morgan fingerprint density at radius 3 is 2.44 bits per heavy atom. The molecule has 0 aliphatic rings. The van der Waals surface area contributed by atoms with Gasteiger partial charge in [0.15, 0.2) is 0 Å². The second kappa shape index (κ2) is 5.58. The van der Waals surface area contributed by atoms with Crippen LogP contribution in [0.15, 0.2) is 48.5 Å². The van der Waals surface area contributed by atoms with Crippen LogP contribution in [0.5, 0.6) is 0 Å². The molecule has 0 unspecified atom stereocenters. The Morgan fingerprint density at radius 1 is 1.06 bits per heavy atom. The summed E-state index contributed by atoms with van der Waals surface area (Å²) in [5, 5.41) is 0. The van der Waals surface area contributed by atoms with Crippen molar-refractivity contribution in [2.75, 3.05) is 17.2 Å². The third-order valence-electron chi connectivity index (χ3n) is 3.12. The van der Waals surface area contributed by atoms with Gasteiger partial charge < -0.3 is 10.6 Å². The lowest BCUT2D eigenvalue weighted by atomic mass is 10.1. The van der Waals surface area contributed by atoms with Crippen LogP contribution in [0.1, 0.15) is 18.1 Å². The van der Waals surface area contributed by atoms with Gasteiger partial charge >= 0.3 is 0 Å². The number of nitrogens with two attached hydrogens (primary N) is 1. The minimum atomic E-state index is 0.846. The third kappa shape index (κ3) is 2.83. The fraction of sp³-hybridized carbons (Fsp3) is 0.250. The van der Waals surface area contributed by atoms with E-state index < -0.39 is 0 Å². The molecule has 2 heteroatoms. The number of aryl methyl sites for hydroxylation is 1. The Morgan fingerprint density at radius 2 is 1.78 bits per heavy atom. The van der Waals surface area contributed by atoms with Crippen LogP contribution in [0.25, 0.3) is 0 Å². The van der Waals surface area contributed by atoms with Crippen molar-refractivity contribution in [2.45, 2.75) is 20.4 Å². The van der Waals surface area contributed by atoms with Crippen LogP contribution in [0.4, 0.5) is 11.4 Å². The number of anilines is 2. The second-order valence-electron chi connectivity index (χ2n) is 4.56. The summed E-state index contributed by atoms with van der Waals surface area (Å²) in [5.41, 5.74) is 10.6. The molecule has 0 radical (unpaired) electrons. The first-order valence-electron chi connectivity index (χ1n) is 6.35. The molecule has 0 bridgehead atoms. The number of hydrogen-bond acceptors (Lipinski definition) is 2. The van der Waals surface area contributed by atoms with E-state index in [1.165, 1.54) is 11.1 Å². The van der Waals surface area contributed by atoms with Gasteiger partial charge in [0.05, 0.1) is 11.4 Å². The summed E-state index contributed by atoms with van der Waals surface area (Å²) in [6.07, 6.45) is 0. The molecule has 0 aliphatic heterocycles. The zero-order valence-electron chi connectivity index (χ0n) is 11.1. The van der Waals surface area contributed by atoms with Crippen molar-refractivity contribution in [3.8, 4) is 0 Å². The maximum atomic E-state index is 6.08. The van der Waals surface area contributed by atoms with Crippen LogP contribution in [-0.2, 0) is 6.54 Å². The lowest BCUT2D eigenvalue weighted by molar-refractivity contribution is 0.833. The fourth-order valence-electron chi connectivity index (χ4n) is 2.10. The highest BCUT2D eigenvalue weighted by Crippen LogP contribution is 2.25. The van der Waals surface area contributed by atoms with Crippen molar-refractivity contribution >= 4 is 11.4 Å². The molecule has 0 fully saturated rings. The molecular weight excluding hydrogens is 220 g/mol. The van der Waals surface area contributed by atoms with Gasteiger partial charge in [-0.3, -0.25) is 0 Å². The van der Waals surface area contributed by atoms with Crippen LogP contribution >= 0.6 is 0 Å². The Balaban J connectivity index is 2.26. The van der Waals surface area contributed by atoms with Crippen LogP contribution in [0, 0.1) is 6.92 Å². The van der Waals surface area contributed by atoms with Gasteiger partial charge in [-0.05, 0) is 37.1 Å². The maximum Gasteiger partial charge on any atom is 0.0605 e. The van der Waals surface area contributed by atoms with Gasteiger partial charge in [0, 0.05) is 13.1 Å². The molecule has 0 spiro atoms. The second-order valence-corrected chi connectivity index (χ2v) is 4.56. The van der Waals surface area contributed by atoms with Gasteiger partial charge in [-0.15, -0.1) is 0 Å². The molecular formula is C16H20N2. The van der Waals surface area contributed by atoms with Crippen LogP contribution in [0.2, 0.25) is 0 Å². The molecule has 0 saturated heterocycles. The van der Waals surface area contributed by atoms with Crippen molar-refractivity contribution in [1.82, 2.24) is 0 Å². The highest BCUT2D eigenvalue weighted by atomic mass is 15.1. The SMILES string of the molecule is CCN(Cc1ccccc1)c1cc(C)ccc1N. The molecule has 2 N–H and O–H groups in total. The number of nitrogen functional groups attached to an aromatic ring is 1. The lowest BCUT2D eigenvalue weighted by Gasteiger charge is -2.25. The summed E-state index contributed by atoms with van der Waals surface area (Å²) in [5.74, 6) is 0. The monoisotopic (exact) mass is 240 g/mol. The first-order valence-corrected chi connectivity index (χ1v) is 6.35. The zero-order chi connectivity index (χ0) is 13.0. The molecule has 0 atom stereocenters. The predicted octanol–water partition coefficient (Wildman–Crippen LogP) is 3.60. The van der Waals surface area contributed by atoms with E-state index in [2.05, 4.69) is 55.1 Å². The molecule has 0 saturated carbocycles. The van der Waals surface area contributed by atoms with Crippen LogP contribution < -0.4 is 10.6 Å². The third-order valence-corrected chi connectivity index (χ3v) is 3.12. The van der Waals surface area contributed by atoms with Crippen molar-refractivity contribution in [2.24, 2.45) is 0 Å². The minimum absolute atomic E-state index is 0.846. The molecule has 2 aromatic rings. The van der Waals surface area contributed by atoms with Crippen molar-refractivity contribution in [3.05, 3.63) is 59.7 Å². The Labute approximate surface area is 109 Å². The van der Waals surface area contributed by atoms with E-state index >= 15 is 0 Å². The summed E-state index contributed by atoms with van der Waals surface area (Å²) in [4.78, 5) is 2.30. The smallest absolute Gasteiger partial charge is 0.0605 e. The van der Waals surface area contributed by atoms with Crippen molar-refractivity contribution in [3.63, 3.8) is 0 Å². The molecule has 94 valence electrons. The van der Waals surface area contributed by atoms with E-state index in [-0.39, 0.29) is 0 Å². The average Bonchev–Trinajstić information content (AvgIpc) is 2.40. The van der Waals surface area contributed by atoms with Gasteiger partial charge in [-0.2, -0.15) is 0 Å². The molecule has 2 nitrogen and oxygen atoms in total. The van der Waals surface area contributed by atoms with E-state index in [1.54, 1.807) is 0 Å². The minimum Gasteiger partial charge on any atom is -0.397 e. The Hall–Kier alpha value is -1.96. The quantitative estimate of drug-likeness (QED) is 0.827. The van der Waals surface area contributed by atoms with Gasteiger partial charge in [-0.1, -0.05) is 36.4 Å². The number of hydrogen-bond donors (Lipinski definition) is 1. The highest BCUT2D eigenvalue weighted by molar-refractivity contribution is 5.68. The van der Waals surface area contributed by atoms with E-state index in [4.69, 9.17) is 5.73 Å². The molecule has 0 amide bonds. The molecule has 18 heavy (non-hydrogen) atoms. The molecule has 2 aromatic carbocycles. The summed E-state index contributed by atoms with van der Waals surface area (Å²) < 4.78 is 0. The maximum absolute atomic E-state index is 6.08. The van der Waals surface area contributed by atoms with Gasteiger partial charge in [0.1, 0.15) is 0 Å². The topological polar surface area (TPSA) is 29.3 Å². The number of rotatable bonds is 4. The molecule has 2 rings (SSSR count). The van der Waals surface area contributed by atoms with E-state index in [0.29, 0.717) is 0 Å². The fourth-order valence-corrected chi connectivity index (χ4v) is 2.10. The Bertz CT molecular complexity index is 506. The molecule has 0 heterocycles. The summed E-state index contributed by atoms with van der Waals surface area (Å²) in [7, 11) is 0. The van der Waals surface area contributed by atoms with Crippen LogP contribution in [-0.4, -0.2) is 6.54 Å². The van der Waals surface area contributed by atoms with E-state index in [0.717, 1.165) is 24.5 Å². The zero-order valence-corrected chi connectivity index (χ0v) is 11.1. The summed E-state index contributed by atoms with van der Waals surface area (Å²) in [6.45, 7) is 6.09. The van der Waals surface area contributed by atoms with Crippen molar-refractivity contribution < 1.29 is 0 Å². The summed E-state index contributed by atoms with van der Waals surface area (Å²) >= 11 is 0. The predicted molar refractivity (Wildman–Crippen MR) is 78.8 cm³/mol. The first-order chi connectivity index (χ1) is 8.70. The number of benzene rings is 2. The van der Waals surface area contributed by atoms with Crippen LogP contribution in [0.3, 0.4) is 0 Å². The normalized spacial score (nSPS) is 10.3. The largest absolute Gasteiger partial charge is 0.397 e. The first kappa shape index (κ1) is 12.5. The van der Waals surface area contributed by atoms with Crippen molar-refractivity contribution in [1.29, 1.82) is 0 Å². The van der Waals surface area contributed by atoms with Gasteiger partial charge in [0.25, 0.3) is 0 Å². The highest BCUT2D eigenvalue weighted by Gasteiger charge is 2.08. The lowest BCUT2D eigenvalue weighted by Crippen LogP contribution is -2.23. The molecule has 0 aliphatic carbocycles. The average molecular weight is 240 g/mol. The van der Waals surface area contributed by atoms with Gasteiger partial charge in [0.2, 0.25) is 0 Å². The summed E-state index contributed by atoms with van der Waals surface area (Å²) in [6, 6.07) is 16.7. The van der Waals surface area contributed by atoms with E-state index in [1.807, 2.05) is 12.1 Å². The number of nitrogens with zero attached hydrogens (tertiary/aromatic N) is 1. The Kier molecular flexibility index (Phi) is 3.88.